The molecule has 3 aromatic rings. The molecule has 144 valence electrons. The largest absolute Gasteiger partial charge is 0.484 e. The average Bonchev–Trinajstić information content (AvgIpc) is 3.19. The minimum Gasteiger partial charge on any atom is -0.484 e. The third-order valence-electron chi connectivity index (χ3n) is 4.66. The Kier molecular flexibility index (Phi) is 5.18. The molecular weight excluding hydrogens is 356 g/mol. The van der Waals surface area contributed by atoms with Crippen molar-refractivity contribution in [3.8, 4) is 11.6 Å². The third-order valence-corrected chi connectivity index (χ3v) is 4.66. The molecule has 0 radical (unpaired) electrons. The van der Waals surface area contributed by atoms with E-state index >= 15 is 0 Å². The molecule has 0 N–H and O–H groups in total. The van der Waals surface area contributed by atoms with Gasteiger partial charge in [-0.25, -0.2) is 14.6 Å². The van der Waals surface area contributed by atoms with Gasteiger partial charge in [-0.1, -0.05) is 18.2 Å². The molecule has 0 aliphatic carbocycles. The van der Waals surface area contributed by atoms with E-state index in [4.69, 9.17) is 4.74 Å². The van der Waals surface area contributed by atoms with E-state index in [2.05, 4.69) is 20.0 Å². The van der Waals surface area contributed by atoms with Gasteiger partial charge in [0.2, 0.25) is 0 Å². The minimum absolute atomic E-state index is 0.00102. The normalized spacial score (nSPS) is 14.2. The summed E-state index contributed by atoms with van der Waals surface area (Å²) in [5.74, 6) is 2.27. The lowest BCUT2D eigenvalue weighted by Crippen LogP contribution is -2.50. The number of rotatable bonds is 5. The first-order chi connectivity index (χ1) is 13.7. The summed E-state index contributed by atoms with van der Waals surface area (Å²) in [4.78, 5) is 25.1. The van der Waals surface area contributed by atoms with Crippen LogP contribution in [0.2, 0.25) is 0 Å². The maximum absolute atomic E-state index is 12.4. The zero-order valence-electron chi connectivity index (χ0n) is 15.7. The molecule has 1 amide bonds. The molecule has 8 nitrogen and oxygen atoms in total. The number of para-hydroxylation sites is 1. The average molecular weight is 378 g/mol. The second-order valence-corrected chi connectivity index (χ2v) is 6.61. The van der Waals surface area contributed by atoms with Gasteiger partial charge in [-0.15, -0.1) is 0 Å². The van der Waals surface area contributed by atoms with Crippen LogP contribution >= 0.6 is 0 Å². The van der Waals surface area contributed by atoms with Crippen molar-refractivity contribution < 1.29 is 9.53 Å². The van der Waals surface area contributed by atoms with E-state index in [1.807, 2.05) is 60.5 Å². The van der Waals surface area contributed by atoms with Gasteiger partial charge < -0.3 is 14.5 Å². The summed E-state index contributed by atoms with van der Waals surface area (Å²) >= 11 is 0. The number of nitrogens with zero attached hydrogens (tertiary/aromatic N) is 6. The Balaban J connectivity index is 1.33. The maximum atomic E-state index is 12.4. The fraction of sp³-hybridized carbons (Fsp3) is 0.300. The van der Waals surface area contributed by atoms with E-state index in [0.717, 1.165) is 17.3 Å². The highest BCUT2D eigenvalue weighted by molar-refractivity contribution is 5.78. The fourth-order valence-electron chi connectivity index (χ4n) is 3.12. The molecule has 3 heterocycles. The molecule has 0 atom stereocenters. The van der Waals surface area contributed by atoms with Gasteiger partial charge in [0.05, 0.1) is 5.69 Å². The van der Waals surface area contributed by atoms with Gasteiger partial charge in [-0.05, 0) is 25.1 Å². The van der Waals surface area contributed by atoms with Crippen molar-refractivity contribution in [2.24, 2.45) is 0 Å². The van der Waals surface area contributed by atoms with Crippen molar-refractivity contribution in [1.82, 2.24) is 24.6 Å². The molecule has 0 spiro atoms. The van der Waals surface area contributed by atoms with Gasteiger partial charge in [0.1, 0.15) is 17.9 Å². The quantitative estimate of drug-likeness (QED) is 0.673. The van der Waals surface area contributed by atoms with Crippen LogP contribution in [0.4, 0.5) is 5.82 Å². The van der Waals surface area contributed by atoms with Gasteiger partial charge in [0.25, 0.3) is 5.91 Å². The number of anilines is 1. The molecule has 1 fully saturated rings. The predicted octanol–water partition coefficient (Wildman–Crippen LogP) is 1.70. The summed E-state index contributed by atoms with van der Waals surface area (Å²) in [5, 5.41) is 4.39. The Morgan fingerprint density at radius 2 is 1.79 bits per heavy atom. The molecule has 8 heteroatoms. The number of amides is 1. The second kappa shape index (κ2) is 8.08. The fourth-order valence-corrected chi connectivity index (χ4v) is 3.12. The van der Waals surface area contributed by atoms with Gasteiger partial charge in [0, 0.05) is 38.4 Å². The molecule has 0 unspecified atom stereocenters. The maximum Gasteiger partial charge on any atom is 0.260 e. The number of benzene rings is 1. The summed E-state index contributed by atoms with van der Waals surface area (Å²) in [6.45, 7) is 4.70. The first-order valence-corrected chi connectivity index (χ1v) is 9.24. The SMILES string of the molecule is Cc1ccn(-c2cc(N3CCN(C(=O)COc4ccccc4)CC3)ncn2)n1. The Morgan fingerprint density at radius 1 is 1.04 bits per heavy atom. The minimum atomic E-state index is -0.00102. The van der Waals surface area contributed by atoms with Crippen LogP contribution < -0.4 is 9.64 Å². The lowest BCUT2D eigenvalue weighted by atomic mass is 10.3. The summed E-state index contributed by atoms with van der Waals surface area (Å²) in [5.41, 5.74) is 0.935. The number of aryl methyl sites for hydroxylation is 1. The summed E-state index contributed by atoms with van der Waals surface area (Å²) < 4.78 is 7.30. The van der Waals surface area contributed by atoms with E-state index in [1.165, 1.54) is 0 Å². The van der Waals surface area contributed by atoms with Crippen LogP contribution in [0.1, 0.15) is 5.69 Å². The number of hydrogen-bond donors (Lipinski definition) is 0. The smallest absolute Gasteiger partial charge is 0.260 e. The Morgan fingerprint density at radius 3 is 2.50 bits per heavy atom. The number of aromatic nitrogens is 4. The van der Waals surface area contributed by atoms with Crippen LogP contribution in [0.5, 0.6) is 5.75 Å². The lowest BCUT2D eigenvalue weighted by Gasteiger charge is -2.35. The first kappa shape index (κ1) is 18.0. The van der Waals surface area contributed by atoms with E-state index < -0.39 is 0 Å². The van der Waals surface area contributed by atoms with E-state index in [-0.39, 0.29) is 12.5 Å². The zero-order chi connectivity index (χ0) is 19.3. The summed E-state index contributed by atoms with van der Waals surface area (Å²) in [7, 11) is 0. The molecular formula is C20H22N6O2. The van der Waals surface area contributed by atoms with Crippen molar-refractivity contribution in [3.05, 3.63) is 60.7 Å². The molecule has 0 saturated carbocycles. The van der Waals surface area contributed by atoms with Crippen LogP contribution in [0.15, 0.2) is 55.0 Å². The van der Waals surface area contributed by atoms with Gasteiger partial charge in [0.15, 0.2) is 12.4 Å². The van der Waals surface area contributed by atoms with Crippen molar-refractivity contribution in [2.45, 2.75) is 6.92 Å². The van der Waals surface area contributed by atoms with Gasteiger partial charge in [-0.2, -0.15) is 5.10 Å². The van der Waals surface area contributed by atoms with Crippen molar-refractivity contribution in [2.75, 3.05) is 37.7 Å². The van der Waals surface area contributed by atoms with E-state index in [1.54, 1.807) is 11.0 Å². The number of piperazine rings is 1. The molecule has 1 aromatic carbocycles. The monoisotopic (exact) mass is 378 g/mol. The van der Waals surface area contributed by atoms with Crippen molar-refractivity contribution >= 4 is 11.7 Å². The molecule has 1 aliphatic heterocycles. The number of hydrogen-bond acceptors (Lipinski definition) is 6. The van der Waals surface area contributed by atoms with Crippen molar-refractivity contribution in [3.63, 3.8) is 0 Å². The number of carbonyl (C=O) groups is 1. The molecule has 2 aromatic heterocycles. The summed E-state index contributed by atoms with van der Waals surface area (Å²) in [6.07, 6.45) is 3.43. The molecule has 28 heavy (non-hydrogen) atoms. The first-order valence-electron chi connectivity index (χ1n) is 9.24. The zero-order valence-corrected chi connectivity index (χ0v) is 15.7. The van der Waals surface area contributed by atoms with Crippen LogP contribution in [0.25, 0.3) is 5.82 Å². The highest BCUT2D eigenvalue weighted by atomic mass is 16.5. The number of carbonyl (C=O) groups excluding carboxylic acids is 1. The second-order valence-electron chi connectivity index (χ2n) is 6.61. The molecule has 4 rings (SSSR count). The number of ether oxygens (including phenoxy) is 1. The Labute approximate surface area is 163 Å². The topological polar surface area (TPSA) is 76.4 Å². The van der Waals surface area contributed by atoms with Crippen LogP contribution in [0.3, 0.4) is 0 Å². The standard InChI is InChI=1S/C20H22N6O2/c1-16-7-8-26(23-16)19-13-18(21-15-22-19)24-9-11-25(12-10-24)20(27)14-28-17-5-3-2-4-6-17/h2-8,13,15H,9-12,14H2,1H3. The Hall–Kier alpha value is -3.42. The van der Waals surface area contributed by atoms with Crippen molar-refractivity contribution in [1.29, 1.82) is 0 Å². The van der Waals surface area contributed by atoms with E-state index in [9.17, 15) is 4.79 Å². The summed E-state index contributed by atoms with van der Waals surface area (Å²) in [6, 6.07) is 13.2. The van der Waals surface area contributed by atoms with Gasteiger partial charge >= 0.3 is 0 Å². The third kappa shape index (κ3) is 4.11. The van der Waals surface area contributed by atoms with E-state index in [0.29, 0.717) is 31.9 Å². The highest BCUT2D eigenvalue weighted by Gasteiger charge is 2.22. The van der Waals surface area contributed by atoms with Crippen LogP contribution in [-0.4, -0.2) is 63.3 Å². The molecule has 1 saturated heterocycles. The van der Waals surface area contributed by atoms with Crippen LogP contribution in [0, 0.1) is 6.92 Å². The molecule has 0 bridgehead atoms. The van der Waals surface area contributed by atoms with Crippen LogP contribution in [-0.2, 0) is 4.79 Å². The lowest BCUT2D eigenvalue weighted by molar-refractivity contribution is -0.133. The predicted molar refractivity (Wildman–Crippen MR) is 105 cm³/mol. The highest BCUT2D eigenvalue weighted by Crippen LogP contribution is 2.16. The van der Waals surface area contributed by atoms with Gasteiger partial charge in [-0.3, -0.25) is 4.79 Å². The Bertz CT molecular complexity index is 935. The molecule has 1 aliphatic rings.